The summed E-state index contributed by atoms with van der Waals surface area (Å²) in [6.45, 7) is -0.939. The summed E-state index contributed by atoms with van der Waals surface area (Å²) < 4.78 is 0. The second kappa shape index (κ2) is 16.1. The number of carbonyl (C=O) groups excluding carboxylic acids is 4. The molecule has 0 heterocycles. The van der Waals surface area contributed by atoms with Gasteiger partial charge in [0.15, 0.2) is 5.96 Å². The second-order valence-electron chi connectivity index (χ2n) is 7.36. The molecule has 0 fully saturated rings. The first kappa shape index (κ1) is 31.5. The highest BCUT2D eigenvalue weighted by Gasteiger charge is 2.33. The maximum absolute atomic E-state index is 12.6. The highest BCUT2D eigenvalue weighted by molar-refractivity contribution is 5.95. The van der Waals surface area contributed by atoms with E-state index in [4.69, 9.17) is 16.9 Å². The molecule has 17 heteroatoms. The number of aliphatic hydroxyl groups is 3. The fraction of sp³-hybridized carbons (Fsp3) is 0.667. The molecule has 5 atom stereocenters. The van der Waals surface area contributed by atoms with Crippen molar-refractivity contribution in [3.63, 3.8) is 0 Å². The molecule has 0 bridgehead atoms. The molecule has 14 N–H and O–H groups in total. The predicted octanol–water partition coefficient (Wildman–Crippen LogP) is -6.40. The number of guanidine groups is 1. The van der Waals surface area contributed by atoms with E-state index in [1.54, 1.807) is 0 Å². The van der Waals surface area contributed by atoms with Gasteiger partial charge >= 0.3 is 5.97 Å². The van der Waals surface area contributed by atoms with E-state index in [-0.39, 0.29) is 25.3 Å². The lowest BCUT2D eigenvalue weighted by molar-refractivity contribution is -0.143. The van der Waals surface area contributed by atoms with Crippen molar-refractivity contribution < 1.29 is 44.4 Å². The van der Waals surface area contributed by atoms with Crippen molar-refractivity contribution in [1.82, 2.24) is 26.6 Å². The van der Waals surface area contributed by atoms with Crippen LogP contribution in [0.1, 0.15) is 19.8 Å². The first-order valence-electron chi connectivity index (χ1n) is 10.5. The van der Waals surface area contributed by atoms with Crippen LogP contribution in [0.15, 0.2) is 0 Å². The molecule has 0 aliphatic rings. The van der Waals surface area contributed by atoms with Crippen LogP contribution in [-0.4, -0.2) is 113 Å². The number of amides is 4. The number of carbonyl (C=O) groups is 5. The van der Waals surface area contributed by atoms with Gasteiger partial charge in [0.25, 0.3) is 0 Å². The van der Waals surface area contributed by atoms with Gasteiger partial charge in [-0.1, -0.05) is 0 Å². The van der Waals surface area contributed by atoms with Gasteiger partial charge in [0.05, 0.1) is 25.9 Å². The van der Waals surface area contributed by atoms with Gasteiger partial charge in [0, 0.05) is 6.54 Å². The van der Waals surface area contributed by atoms with E-state index in [2.05, 4.69) is 26.6 Å². The highest BCUT2D eigenvalue weighted by Crippen LogP contribution is 2.02. The summed E-state index contributed by atoms with van der Waals surface area (Å²) in [5.41, 5.74) is 10.2. The third-order valence-electron chi connectivity index (χ3n) is 4.50. The predicted molar refractivity (Wildman–Crippen MR) is 119 cm³/mol. The third-order valence-corrected chi connectivity index (χ3v) is 4.50. The van der Waals surface area contributed by atoms with Gasteiger partial charge in [0.1, 0.15) is 24.2 Å². The van der Waals surface area contributed by atoms with Crippen molar-refractivity contribution >= 4 is 35.6 Å². The Balaban J connectivity index is 5.21. The van der Waals surface area contributed by atoms with Crippen LogP contribution in [-0.2, 0) is 24.0 Å². The van der Waals surface area contributed by atoms with E-state index in [0.717, 1.165) is 6.92 Å². The number of nitrogens with two attached hydrogens (primary N) is 2. The van der Waals surface area contributed by atoms with E-state index < -0.39 is 79.6 Å². The number of rotatable bonds is 16. The molecule has 4 amide bonds. The van der Waals surface area contributed by atoms with Gasteiger partial charge in [-0.05, 0) is 19.8 Å². The van der Waals surface area contributed by atoms with E-state index in [0.29, 0.717) is 0 Å². The molecule has 0 unspecified atom stereocenters. The molecule has 0 rings (SSSR count). The zero-order valence-electron chi connectivity index (χ0n) is 19.1. The Hall–Kier alpha value is -3.54. The van der Waals surface area contributed by atoms with Gasteiger partial charge < -0.3 is 58.5 Å². The zero-order valence-corrected chi connectivity index (χ0v) is 19.1. The van der Waals surface area contributed by atoms with Crippen LogP contribution in [0, 0.1) is 5.41 Å². The van der Waals surface area contributed by atoms with Crippen LogP contribution in [0.2, 0.25) is 0 Å². The van der Waals surface area contributed by atoms with Crippen LogP contribution in [0.3, 0.4) is 0 Å². The number of carboxylic acid groups (broad SMARTS) is 1. The Labute approximate surface area is 200 Å². The van der Waals surface area contributed by atoms with Crippen LogP contribution in [0.25, 0.3) is 0 Å². The first-order chi connectivity index (χ1) is 16.4. The molecule has 0 saturated carbocycles. The molecule has 17 nitrogen and oxygen atoms in total. The van der Waals surface area contributed by atoms with E-state index >= 15 is 0 Å². The molecule has 0 aromatic carbocycles. The molecule has 200 valence electrons. The van der Waals surface area contributed by atoms with Crippen LogP contribution in [0.4, 0.5) is 0 Å². The van der Waals surface area contributed by atoms with Gasteiger partial charge in [-0.2, -0.15) is 0 Å². The minimum Gasteiger partial charge on any atom is -0.480 e. The SMILES string of the molecule is C[C@@H](O)[C@H](NC(=O)[C@H](CO)NC(=O)[C@H](CO)NC(=O)CN)C(=O)N[C@@H](CCCNC(=N)N)C(=O)O. The van der Waals surface area contributed by atoms with Crippen LogP contribution in [0.5, 0.6) is 0 Å². The largest absolute Gasteiger partial charge is 0.480 e. The van der Waals surface area contributed by atoms with Crippen molar-refractivity contribution in [2.24, 2.45) is 11.5 Å². The number of carboxylic acids is 1. The van der Waals surface area contributed by atoms with Gasteiger partial charge in [-0.25, -0.2) is 4.79 Å². The zero-order chi connectivity index (χ0) is 27.1. The molecule has 35 heavy (non-hydrogen) atoms. The minimum absolute atomic E-state index is 0.0613. The molecule has 0 aromatic heterocycles. The monoisotopic (exact) mass is 506 g/mol. The fourth-order valence-electron chi connectivity index (χ4n) is 2.62. The number of hydrogen-bond donors (Lipinski definition) is 12. The lowest BCUT2D eigenvalue weighted by Gasteiger charge is -2.26. The van der Waals surface area contributed by atoms with Gasteiger partial charge in [-0.15, -0.1) is 0 Å². The summed E-state index contributed by atoms with van der Waals surface area (Å²) in [4.78, 5) is 60.1. The average molecular weight is 507 g/mol. The standard InChI is InChI=1S/C18H34N8O9/c1-8(29)13(16(33)24-9(17(34)35)3-2-4-22-18(20)21)26-15(32)11(7-28)25-14(31)10(6-27)23-12(30)5-19/h8-11,13,27-29H,2-7,19H2,1H3,(H,23,30)(H,24,33)(H,25,31)(H,26,32)(H,34,35)(H4,20,21,22)/t8-,9+,10+,11+,13+/m1/s1. The lowest BCUT2D eigenvalue weighted by atomic mass is 10.1. The first-order valence-corrected chi connectivity index (χ1v) is 10.5. The maximum atomic E-state index is 12.6. The quantitative estimate of drug-likeness (QED) is 0.0528. The fourth-order valence-corrected chi connectivity index (χ4v) is 2.62. The Morgan fingerprint density at radius 2 is 1.40 bits per heavy atom. The Kier molecular flexibility index (Phi) is 14.5. The van der Waals surface area contributed by atoms with Crippen molar-refractivity contribution in [3.8, 4) is 0 Å². The van der Waals surface area contributed by atoms with E-state index in [9.17, 15) is 44.4 Å². The molecule has 0 saturated heterocycles. The summed E-state index contributed by atoms with van der Waals surface area (Å²) in [7, 11) is 0. The van der Waals surface area contributed by atoms with E-state index in [1.807, 2.05) is 0 Å². The summed E-state index contributed by atoms with van der Waals surface area (Å²) in [6.07, 6.45) is -1.35. The molecule has 0 aliphatic heterocycles. The van der Waals surface area contributed by atoms with Crippen LogP contribution >= 0.6 is 0 Å². The van der Waals surface area contributed by atoms with Crippen molar-refractivity contribution in [2.45, 2.75) is 50.0 Å². The van der Waals surface area contributed by atoms with Gasteiger partial charge in [-0.3, -0.25) is 24.6 Å². The molecular formula is C18H34N8O9. The Morgan fingerprint density at radius 1 is 0.886 bits per heavy atom. The minimum atomic E-state index is -1.66. The Morgan fingerprint density at radius 3 is 1.86 bits per heavy atom. The smallest absolute Gasteiger partial charge is 0.326 e. The number of nitrogens with one attached hydrogen (secondary N) is 6. The van der Waals surface area contributed by atoms with E-state index in [1.165, 1.54) is 0 Å². The summed E-state index contributed by atoms with van der Waals surface area (Å²) in [6, 6.07) is -6.17. The van der Waals surface area contributed by atoms with Crippen LogP contribution < -0.4 is 38.1 Å². The number of aliphatic hydroxyl groups excluding tert-OH is 3. The summed E-state index contributed by atoms with van der Waals surface area (Å²) >= 11 is 0. The summed E-state index contributed by atoms with van der Waals surface area (Å²) in [5.74, 6) is -5.65. The van der Waals surface area contributed by atoms with Crippen molar-refractivity contribution in [3.05, 3.63) is 0 Å². The molecule has 0 aliphatic carbocycles. The Bertz CT molecular complexity index is 764. The number of hydrogen-bond acceptors (Lipinski definition) is 10. The highest BCUT2D eigenvalue weighted by atomic mass is 16.4. The second-order valence-corrected chi connectivity index (χ2v) is 7.36. The van der Waals surface area contributed by atoms with Crippen molar-refractivity contribution in [2.75, 3.05) is 26.3 Å². The maximum Gasteiger partial charge on any atom is 0.326 e. The topological polar surface area (TPSA) is 302 Å². The normalized spacial score (nSPS) is 14.9. The summed E-state index contributed by atoms with van der Waals surface area (Å²) in [5, 5.41) is 56.0. The van der Waals surface area contributed by atoms with Crippen molar-refractivity contribution in [1.29, 1.82) is 5.41 Å². The molecule has 0 spiro atoms. The third kappa shape index (κ3) is 11.9. The number of aliphatic carboxylic acids is 1. The molecule has 0 radical (unpaired) electrons. The average Bonchev–Trinajstić information content (AvgIpc) is 2.79. The van der Waals surface area contributed by atoms with Gasteiger partial charge in [0.2, 0.25) is 23.6 Å². The molecule has 0 aromatic rings. The molecular weight excluding hydrogens is 472 g/mol. The lowest BCUT2D eigenvalue weighted by Crippen LogP contribution is -2.61.